The predicted octanol–water partition coefficient (Wildman–Crippen LogP) is 1.28. The minimum atomic E-state index is -0.0340. The molecule has 0 atom stereocenters. The zero-order chi connectivity index (χ0) is 10.2. The van der Waals surface area contributed by atoms with E-state index in [1.807, 2.05) is 6.07 Å². The molecule has 0 aromatic carbocycles. The molecule has 0 aliphatic carbocycles. The van der Waals surface area contributed by atoms with Crippen LogP contribution in [0.15, 0.2) is 22.8 Å². The molecule has 0 radical (unpaired) electrons. The van der Waals surface area contributed by atoms with E-state index in [1.165, 1.54) is 18.0 Å². The van der Waals surface area contributed by atoms with Gasteiger partial charge in [0.25, 0.3) is 0 Å². The van der Waals surface area contributed by atoms with Crippen LogP contribution in [-0.2, 0) is 11.3 Å². The number of hydrogen-bond donors (Lipinski definition) is 2. The quantitative estimate of drug-likeness (QED) is 0.551. The van der Waals surface area contributed by atoms with E-state index in [9.17, 15) is 4.79 Å². The van der Waals surface area contributed by atoms with Gasteiger partial charge in [0.15, 0.2) is 0 Å². The van der Waals surface area contributed by atoms with Gasteiger partial charge in [0.1, 0.15) is 5.76 Å². The van der Waals surface area contributed by atoms with Crippen LogP contribution in [0.1, 0.15) is 5.76 Å². The standard InChI is InChI=1S/C9H12N2O2S/c10-3-5-14-7-9(12)11-6-8-2-1-4-13-8/h1-4,10H,5-7H2,(H,11,12). The molecule has 0 aliphatic rings. The molecule has 0 spiro atoms. The van der Waals surface area contributed by atoms with Crippen molar-refractivity contribution in [3.05, 3.63) is 24.2 Å². The smallest absolute Gasteiger partial charge is 0.230 e. The van der Waals surface area contributed by atoms with Crippen LogP contribution < -0.4 is 5.32 Å². The second-order valence-electron chi connectivity index (χ2n) is 2.58. The van der Waals surface area contributed by atoms with Gasteiger partial charge in [-0.15, -0.1) is 11.8 Å². The van der Waals surface area contributed by atoms with Crippen molar-refractivity contribution in [3.8, 4) is 0 Å². The average molecular weight is 212 g/mol. The van der Waals surface area contributed by atoms with E-state index in [2.05, 4.69) is 5.32 Å². The number of hydrogen-bond acceptors (Lipinski definition) is 4. The topological polar surface area (TPSA) is 66.1 Å². The molecule has 1 aromatic rings. The molecule has 0 fully saturated rings. The summed E-state index contributed by atoms with van der Waals surface area (Å²) in [6.45, 7) is 0.428. The number of furan rings is 1. The van der Waals surface area contributed by atoms with Gasteiger partial charge in [-0.2, -0.15) is 0 Å². The summed E-state index contributed by atoms with van der Waals surface area (Å²) in [6, 6.07) is 3.59. The van der Waals surface area contributed by atoms with Crippen molar-refractivity contribution < 1.29 is 9.21 Å². The Morgan fingerprint density at radius 1 is 1.71 bits per heavy atom. The second kappa shape index (κ2) is 6.26. The lowest BCUT2D eigenvalue weighted by Gasteiger charge is -2.01. The molecule has 5 heteroatoms. The average Bonchev–Trinajstić information content (AvgIpc) is 2.68. The van der Waals surface area contributed by atoms with Crippen molar-refractivity contribution in [2.24, 2.45) is 0 Å². The summed E-state index contributed by atoms with van der Waals surface area (Å²) in [7, 11) is 0. The zero-order valence-electron chi connectivity index (χ0n) is 7.66. The van der Waals surface area contributed by atoms with Gasteiger partial charge in [-0.25, -0.2) is 0 Å². The molecule has 0 saturated heterocycles. The molecule has 76 valence electrons. The molecule has 4 nitrogen and oxygen atoms in total. The molecule has 0 aliphatic heterocycles. The highest BCUT2D eigenvalue weighted by Crippen LogP contribution is 2.00. The van der Waals surface area contributed by atoms with Crippen molar-refractivity contribution in [3.63, 3.8) is 0 Å². The van der Waals surface area contributed by atoms with Gasteiger partial charge in [0.05, 0.1) is 18.6 Å². The van der Waals surface area contributed by atoms with Crippen LogP contribution in [0.5, 0.6) is 0 Å². The fourth-order valence-corrected chi connectivity index (χ4v) is 1.38. The Morgan fingerprint density at radius 2 is 2.57 bits per heavy atom. The van der Waals surface area contributed by atoms with Crippen molar-refractivity contribution in [1.82, 2.24) is 5.32 Å². The highest BCUT2D eigenvalue weighted by atomic mass is 32.2. The van der Waals surface area contributed by atoms with E-state index in [-0.39, 0.29) is 5.91 Å². The second-order valence-corrected chi connectivity index (χ2v) is 3.61. The molecule has 1 aromatic heterocycles. The maximum absolute atomic E-state index is 11.2. The molecule has 14 heavy (non-hydrogen) atoms. The van der Waals surface area contributed by atoms with Crippen LogP contribution in [0.25, 0.3) is 0 Å². The maximum Gasteiger partial charge on any atom is 0.230 e. The Labute approximate surface area is 86.6 Å². The van der Waals surface area contributed by atoms with E-state index in [0.29, 0.717) is 18.1 Å². The van der Waals surface area contributed by atoms with Gasteiger partial charge in [-0.05, 0) is 12.1 Å². The van der Waals surface area contributed by atoms with E-state index < -0.39 is 0 Å². The minimum Gasteiger partial charge on any atom is -0.467 e. The summed E-state index contributed by atoms with van der Waals surface area (Å²) in [5, 5.41) is 9.49. The lowest BCUT2D eigenvalue weighted by Crippen LogP contribution is -2.24. The number of carbonyl (C=O) groups excluding carboxylic acids is 1. The van der Waals surface area contributed by atoms with Crippen molar-refractivity contribution in [2.45, 2.75) is 6.54 Å². The van der Waals surface area contributed by atoms with E-state index in [0.717, 1.165) is 5.76 Å². The summed E-state index contributed by atoms with van der Waals surface area (Å²) in [6.07, 6.45) is 2.86. The molecule has 0 bridgehead atoms. The molecular formula is C9H12N2O2S. The monoisotopic (exact) mass is 212 g/mol. The Bertz CT molecular complexity index is 285. The SMILES string of the molecule is N=CCSCC(=O)NCc1ccco1. The minimum absolute atomic E-state index is 0.0340. The van der Waals surface area contributed by atoms with Crippen LogP contribution in [-0.4, -0.2) is 23.6 Å². The number of rotatable bonds is 6. The fraction of sp³-hybridized carbons (Fsp3) is 0.333. The lowest BCUT2D eigenvalue weighted by molar-refractivity contribution is -0.118. The van der Waals surface area contributed by atoms with Gasteiger partial charge < -0.3 is 15.1 Å². The van der Waals surface area contributed by atoms with E-state index in [1.54, 1.807) is 12.3 Å². The first-order chi connectivity index (χ1) is 6.83. The summed E-state index contributed by atoms with van der Waals surface area (Å²) >= 11 is 1.41. The van der Waals surface area contributed by atoms with Gasteiger partial charge in [0, 0.05) is 12.0 Å². The maximum atomic E-state index is 11.2. The molecule has 0 unspecified atom stereocenters. The largest absolute Gasteiger partial charge is 0.467 e. The van der Waals surface area contributed by atoms with Crippen LogP contribution in [0.2, 0.25) is 0 Å². The number of thioether (sulfide) groups is 1. The van der Waals surface area contributed by atoms with E-state index in [4.69, 9.17) is 9.83 Å². The van der Waals surface area contributed by atoms with Crippen LogP contribution in [0.4, 0.5) is 0 Å². The lowest BCUT2D eigenvalue weighted by atomic mass is 10.4. The first-order valence-electron chi connectivity index (χ1n) is 4.18. The summed E-state index contributed by atoms with van der Waals surface area (Å²) in [4.78, 5) is 11.2. The molecule has 2 N–H and O–H groups in total. The van der Waals surface area contributed by atoms with Crippen LogP contribution in [0.3, 0.4) is 0 Å². The normalized spacial score (nSPS) is 9.71. The molecule has 0 saturated carbocycles. The molecule has 1 rings (SSSR count). The third-order valence-corrected chi connectivity index (χ3v) is 2.34. The first kappa shape index (κ1) is 10.8. The van der Waals surface area contributed by atoms with E-state index >= 15 is 0 Å². The number of amides is 1. The van der Waals surface area contributed by atoms with Gasteiger partial charge in [-0.3, -0.25) is 4.79 Å². The zero-order valence-corrected chi connectivity index (χ0v) is 8.47. The Morgan fingerprint density at radius 3 is 3.21 bits per heavy atom. The predicted molar refractivity (Wildman–Crippen MR) is 56.7 cm³/mol. The summed E-state index contributed by atoms with van der Waals surface area (Å²) in [5.41, 5.74) is 0. The van der Waals surface area contributed by atoms with Crippen molar-refractivity contribution in [1.29, 1.82) is 5.41 Å². The third-order valence-electron chi connectivity index (χ3n) is 1.47. The molecule has 1 heterocycles. The highest BCUT2D eigenvalue weighted by molar-refractivity contribution is 8.00. The van der Waals surface area contributed by atoms with Crippen LogP contribution in [0, 0.1) is 5.41 Å². The Kier molecular flexibility index (Phi) is 4.85. The van der Waals surface area contributed by atoms with Crippen molar-refractivity contribution in [2.75, 3.05) is 11.5 Å². The van der Waals surface area contributed by atoms with Gasteiger partial charge in [0.2, 0.25) is 5.91 Å². The highest BCUT2D eigenvalue weighted by Gasteiger charge is 2.01. The van der Waals surface area contributed by atoms with Crippen molar-refractivity contribution >= 4 is 23.9 Å². The molecule has 1 amide bonds. The first-order valence-corrected chi connectivity index (χ1v) is 5.34. The van der Waals surface area contributed by atoms with Crippen LogP contribution >= 0.6 is 11.8 Å². The third kappa shape index (κ3) is 4.13. The number of nitrogens with one attached hydrogen (secondary N) is 2. The fourth-order valence-electron chi connectivity index (χ4n) is 0.860. The number of carbonyl (C=O) groups is 1. The Balaban J connectivity index is 2.12. The Hall–Kier alpha value is -1.23. The van der Waals surface area contributed by atoms with Gasteiger partial charge in [-0.1, -0.05) is 0 Å². The summed E-state index contributed by atoms with van der Waals surface area (Å²) in [5.74, 6) is 1.67. The summed E-state index contributed by atoms with van der Waals surface area (Å²) < 4.78 is 5.05. The molecular weight excluding hydrogens is 200 g/mol. The van der Waals surface area contributed by atoms with Gasteiger partial charge >= 0.3 is 0 Å².